The van der Waals surface area contributed by atoms with Gasteiger partial charge >= 0.3 is 11.9 Å². The van der Waals surface area contributed by atoms with E-state index >= 15 is 0 Å². The lowest BCUT2D eigenvalue weighted by Gasteiger charge is -2.48. The van der Waals surface area contributed by atoms with Crippen molar-refractivity contribution < 1.29 is 78.0 Å². The molecule has 19 heteroatoms. The molecule has 19 nitrogen and oxygen atoms in total. The van der Waals surface area contributed by atoms with Crippen molar-refractivity contribution in [2.24, 2.45) is 5.41 Å². The maximum Gasteiger partial charge on any atom is 0.327 e. The van der Waals surface area contributed by atoms with Crippen LogP contribution in [0.5, 0.6) is 0 Å². The smallest absolute Gasteiger partial charge is 0.327 e. The molecule has 376 valence electrons. The van der Waals surface area contributed by atoms with Crippen LogP contribution >= 0.6 is 0 Å². The van der Waals surface area contributed by atoms with E-state index in [1.807, 2.05) is 24.3 Å². The molecule has 2 bridgehead atoms. The van der Waals surface area contributed by atoms with E-state index < -0.39 is 121 Å². The number of hydroxylamine groups is 2. The van der Waals surface area contributed by atoms with Gasteiger partial charge in [-0.25, -0.2) is 0 Å². The third-order valence-corrected chi connectivity index (χ3v) is 13.2. The molecule has 1 aromatic rings. The highest BCUT2D eigenvalue weighted by Gasteiger charge is 2.76. The van der Waals surface area contributed by atoms with Crippen molar-refractivity contribution in [3.05, 3.63) is 41.5 Å². The van der Waals surface area contributed by atoms with Crippen LogP contribution in [0.4, 0.5) is 0 Å². The van der Waals surface area contributed by atoms with Gasteiger partial charge < -0.3 is 64.6 Å². The first-order valence-electron chi connectivity index (χ1n) is 24.1. The summed E-state index contributed by atoms with van der Waals surface area (Å²) in [5, 5.41) is 56.9. The van der Waals surface area contributed by atoms with E-state index in [1.54, 1.807) is 32.9 Å². The zero-order valence-corrected chi connectivity index (χ0v) is 39.5. The van der Waals surface area contributed by atoms with Crippen LogP contribution in [-0.2, 0) is 59.0 Å². The number of amides is 2. The van der Waals surface area contributed by atoms with Crippen molar-refractivity contribution in [1.82, 2.24) is 15.7 Å². The zero-order chi connectivity index (χ0) is 48.5. The average Bonchev–Trinajstić information content (AvgIpc) is 3.85. The van der Waals surface area contributed by atoms with Crippen LogP contribution in [0.1, 0.15) is 123 Å². The van der Waals surface area contributed by atoms with Crippen LogP contribution in [0.3, 0.4) is 0 Å². The van der Waals surface area contributed by atoms with Gasteiger partial charge in [0, 0.05) is 38.6 Å². The lowest BCUT2D eigenvalue weighted by molar-refractivity contribution is -0.298. The van der Waals surface area contributed by atoms with Crippen LogP contribution in [0.15, 0.2) is 30.3 Å². The number of carbonyl (C=O) groups is 4. The molecule has 4 aliphatic heterocycles. The number of hydrogen-bond donors (Lipinski definition) is 7. The Kier molecular flexibility index (Phi) is 18.4. The maximum atomic E-state index is 14.8. The van der Waals surface area contributed by atoms with Crippen molar-refractivity contribution >= 4 is 29.8 Å². The summed E-state index contributed by atoms with van der Waals surface area (Å²) in [6, 6.07) is 5.53. The van der Waals surface area contributed by atoms with Gasteiger partial charge in [-0.3, -0.25) is 24.0 Å². The second-order valence-corrected chi connectivity index (χ2v) is 19.5. The number of benzene rings is 1. The monoisotopic (exact) mass is 947 g/mol. The summed E-state index contributed by atoms with van der Waals surface area (Å²) in [4.78, 5) is 61.1. The van der Waals surface area contributed by atoms with Gasteiger partial charge in [0.15, 0.2) is 18.1 Å². The lowest BCUT2D eigenvalue weighted by atomic mass is 9.62. The Labute approximate surface area is 392 Å². The Morgan fingerprint density at radius 3 is 2.27 bits per heavy atom. The van der Waals surface area contributed by atoms with Crippen molar-refractivity contribution in [2.75, 3.05) is 26.4 Å². The number of nitrogens with one attached hydrogen (secondary N) is 2. The third kappa shape index (κ3) is 12.6. The third-order valence-electron chi connectivity index (χ3n) is 13.2. The molecule has 0 radical (unpaired) electrons. The topological polar surface area (TPSA) is 261 Å². The summed E-state index contributed by atoms with van der Waals surface area (Å²) in [5.74, 6) is -2.94. The predicted octanol–water partition coefficient (Wildman–Crippen LogP) is 2.06. The second kappa shape index (κ2) is 23.3. The van der Waals surface area contributed by atoms with Gasteiger partial charge in [0.2, 0.25) is 11.8 Å². The molecule has 5 fully saturated rings. The fourth-order valence-corrected chi connectivity index (χ4v) is 9.80. The number of ether oxygens (including phenoxy) is 6. The minimum atomic E-state index is -1.55. The lowest BCUT2D eigenvalue weighted by Crippen LogP contribution is -2.69. The number of carbonyl (C=O) groups excluding carboxylic acids is 4. The summed E-state index contributed by atoms with van der Waals surface area (Å²) in [5.41, 5.74) is -0.587. The molecule has 1 aliphatic carbocycles. The first-order chi connectivity index (χ1) is 32.0. The van der Waals surface area contributed by atoms with Crippen molar-refractivity contribution in [3.8, 4) is 0 Å². The number of rotatable bonds is 24. The Hall–Kier alpha value is -3.60. The molecule has 0 aromatic heterocycles. The van der Waals surface area contributed by atoms with Gasteiger partial charge in [0.25, 0.3) is 0 Å². The molecule has 6 rings (SSSR count). The Balaban J connectivity index is 1.16. The fraction of sp³-hybridized carbons (Fsp3) is 0.750. The van der Waals surface area contributed by atoms with Crippen LogP contribution in [-0.4, -0.2) is 159 Å². The van der Waals surface area contributed by atoms with Gasteiger partial charge in [-0.2, -0.15) is 5.06 Å². The number of unbranched alkanes of at least 4 members (excludes halogenated alkanes) is 4. The number of nitrogens with zero attached hydrogens (tertiary/aromatic N) is 1. The number of hydrogen-bond acceptors (Lipinski definition) is 17. The quantitative estimate of drug-likeness (QED) is 0.0578. The summed E-state index contributed by atoms with van der Waals surface area (Å²) >= 11 is 0. The molecule has 67 heavy (non-hydrogen) atoms. The van der Waals surface area contributed by atoms with Crippen molar-refractivity contribution in [3.63, 3.8) is 0 Å². The Morgan fingerprint density at radius 1 is 0.940 bits per heavy atom. The van der Waals surface area contributed by atoms with Crippen molar-refractivity contribution in [1.29, 1.82) is 0 Å². The minimum Gasteiger partial charge on any atom is -0.460 e. The van der Waals surface area contributed by atoms with Gasteiger partial charge in [-0.1, -0.05) is 75.9 Å². The van der Waals surface area contributed by atoms with Crippen LogP contribution in [0.25, 0.3) is 6.08 Å². The molecule has 1 saturated carbocycles. The van der Waals surface area contributed by atoms with Gasteiger partial charge in [0.1, 0.15) is 59.8 Å². The summed E-state index contributed by atoms with van der Waals surface area (Å²) in [6.45, 7) is 8.57. The van der Waals surface area contributed by atoms with Gasteiger partial charge in [0.05, 0.1) is 32.4 Å². The van der Waals surface area contributed by atoms with E-state index in [4.69, 9.17) is 33.3 Å². The van der Waals surface area contributed by atoms with E-state index in [0.717, 1.165) is 49.7 Å². The minimum absolute atomic E-state index is 0.00120. The molecule has 5 aliphatic rings. The number of aliphatic hydroxyl groups is 5. The molecule has 12 atom stereocenters. The van der Waals surface area contributed by atoms with Gasteiger partial charge in [-0.05, 0) is 51.2 Å². The van der Waals surface area contributed by atoms with Crippen LogP contribution in [0.2, 0.25) is 0 Å². The molecule has 4 saturated heterocycles. The maximum absolute atomic E-state index is 14.8. The summed E-state index contributed by atoms with van der Waals surface area (Å²) in [6.07, 6.45) is 0.550. The first kappa shape index (κ1) is 52.8. The highest BCUT2D eigenvalue weighted by atomic mass is 16.8. The van der Waals surface area contributed by atoms with Crippen LogP contribution < -0.4 is 10.6 Å². The molecule has 0 spiro atoms. The van der Waals surface area contributed by atoms with Crippen LogP contribution in [0, 0.1) is 5.41 Å². The SMILES string of the molecule is CCCCCC1(CCCCC)O[C@@H]2[C@H](O1)[C@H]1ON(Cc3ccc(C=CCO[C@H]4O[C@H](CO)[C@H](O)[C@H](O)[C@H]4O)cc3)[C@H]3C(=O)O[C@@H]2C[C@@]13C(=O)NCCC(=O)N[C@H](CO)CCC(=O)OC(C)(C)C. The van der Waals surface area contributed by atoms with E-state index in [2.05, 4.69) is 24.5 Å². The second-order valence-electron chi connectivity index (χ2n) is 19.5. The van der Waals surface area contributed by atoms with E-state index in [1.165, 1.54) is 5.06 Å². The van der Waals surface area contributed by atoms with E-state index in [0.29, 0.717) is 12.8 Å². The number of esters is 2. The summed E-state index contributed by atoms with van der Waals surface area (Å²) < 4.78 is 36.3. The molecule has 1 aromatic carbocycles. The zero-order valence-electron chi connectivity index (χ0n) is 39.5. The number of fused-ring (bicyclic) bond motifs is 4. The molecule has 7 N–H and O–H groups in total. The van der Waals surface area contributed by atoms with E-state index in [-0.39, 0.29) is 45.4 Å². The van der Waals surface area contributed by atoms with E-state index in [9.17, 15) is 44.7 Å². The first-order valence-corrected chi connectivity index (χ1v) is 24.1. The molecular formula is C48H73N3O16. The largest absolute Gasteiger partial charge is 0.460 e. The highest BCUT2D eigenvalue weighted by molar-refractivity contribution is 5.94. The fourth-order valence-electron chi connectivity index (χ4n) is 9.80. The predicted molar refractivity (Wildman–Crippen MR) is 239 cm³/mol. The summed E-state index contributed by atoms with van der Waals surface area (Å²) in [7, 11) is 0. The highest BCUT2D eigenvalue weighted by Crippen LogP contribution is 2.58. The Bertz CT molecular complexity index is 1830. The van der Waals surface area contributed by atoms with Gasteiger partial charge in [-0.15, -0.1) is 0 Å². The molecule has 4 heterocycles. The normalized spacial score (nSPS) is 31.6. The standard InChI is InChI=1S/C48H73N3O16/c1-6-8-10-21-47(22-11-9-7-2)65-39-32-25-48(45(60)49-23-20-34(54)50-31(27-52)18-19-35(55)64-46(3,4)5)41(43(59)62-32)51(67-42(48)40(39)66-47)26-30-16-14-29(15-17-30)13-12-24-61-44-38(58)37(57)36(56)33(28-53)63-44/h12-17,31-33,36-42,44,52-53,56-58H,6-11,18-28H2,1-5H3,(H,49,60)(H,50,54)/t31-,32+,33+,36-,37-,38+,39-,40-,41-,42+,44-,48-/m0/s1. The number of aliphatic hydroxyl groups excluding tert-OH is 5. The molecule has 2 amide bonds. The Morgan fingerprint density at radius 2 is 1.63 bits per heavy atom. The molecule has 0 unspecified atom stereocenters. The average molecular weight is 948 g/mol. The molecular weight excluding hydrogens is 875 g/mol. The van der Waals surface area contributed by atoms with Crippen molar-refractivity contribution in [2.45, 2.75) is 197 Å².